The minimum absolute atomic E-state index is 0.0903. The molecule has 1 fully saturated rings. The fourth-order valence-corrected chi connectivity index (χ4v) is 1.60. The Hall–Kier alpha value is -0.990. The maximum Gasteiger partial charge on any atom is 0.328 e. The summed E-state index contributed by atoms with van der Waals surface area (Å²) in [6, 6.07) is -0.0903. The number of esters is 1. The van der Waals surface area contributed by atoms with Crippen LogP contribution in [0.3, 0.4) is 0 Å². The summed E-state index contributed by atoms with van der Waals surface area (Å²) in [7, 11) is 1.43. The van der Waals surface area contributed by atoms with E-state index in [4.69, 9.17) is 4.74 Å². The third-order valence-corrected chi connectivity index (χ3v) is 2.22. The van der Waals surface area contributed by atoms with Crippen molar-refractivity contribution in [3.8, 4) is 0 Å². The third kappa shape index (κ3) is 5.19. The van der Waals surface area contributed by atoms with Crippen molar-refractivity contribution in [3.05, 3.63) is 12.3 Å². The van der Waals surface area contributed by atoms with Crippen molar-refractivity contribution < 1.29 is 9.53 Å². The van der Waals surface area contributed by atoms with Crippen molar-refractivity contribution in [1.82, 2.24) is 4.90 Å². The molecule has 1 unspecified atom stereocenters. The SMILES string of the molecule is C=C(C)N1CCCC1C(=O)OC.CC.CC. The molecule has 16 heavy (non-hydrogen) atoms. The Balaban J connectivity index is 0. The molecule has 1 saturated heterocycles. The van der Waals surface area contributed by atoms with E-state index >= 15 is 0 Å². The highest BCUT2D eigenvalue weighted by molar-refractivity contribution is 5.76. The summed E-state index contributed by atoms with van der Waals surface area (Å²) in [5.41, 5.74) is 0.947. The number of ether oxygens (including phenoxy) is 1. The van der Waals surface area contributed by atoms with Gasteiger partial charge >= 0.3 is 5.97 Å². The van der Waals surface area contributed by atoms with E-state index in [0.29, 0.717) is 0 Å². The zero-order valence-corrected chi connectivity index (χ0v) is 11.7. The van der Waals surface area contributed by atoms with Crippen molar-refractivity contribution >= 4 is 5.97 Å². The molecule has 1 heterocycles. The van der Waals surface area contributed by atoms with Crippen molar-refractivity contribution in [3.63, 3.8) is 0 Å². The van der Waals surface area contributed by atoms with Crippen LogP contribution in [0, 0.1) is 0 Å². The molecule has 0 aromatic rings. The van der Waals surface area contributed by atoms with Crippen LogP contribution in [-0.4, -0.2) is 30.6 Å². The Morgan fingerprint density at radius 2 is 1.81 bits per heavy atom. The first-order valence-corrected chi connectivity index (χ1v) is 6.17. The molecular weight excluding hydrogens is 202 g/mol. The number of likely N-dealkylation sites (tertiary alicyclic amines) is 1. The zero-order chi connectivity index (χ0) is 13.1. The Kier molecular flexibility index (Phi) is 11.5. The average molecular weight is 229 g/mol. The number of nitrogens with zero attached hydrogens (tertiary/aromatic N) is 1. The van der Waals surface area contributed by atoms with Gasteiger partial charge in [-0.05, 0) is 19.8 Å². The number of rotatable bonds is 2. The Bertz CT molecular complexity index is 202. The molecule has 1 aliphatic rings. The van der Waals surface area contributed by atoms with E-state index < -0.39 is 0 Å². The first kappa shape index (κ1) is 17.4. The summed E-state index contributed by atoms with van der Waals surface area (Å²) in [5.74, 6) is -0.143. The summed E-state index contributed by atoms with van der Waals surface area (Å²) < 4.78 is 4.69. The van der Waals surface area contributed by atoms with Gasteiger partial charge in [-0.1, -0.05) is 34.3 Å². The van der Waals surface area contributed by atoms with Gasteiger partial charge in [-0.2, -0.15) is 0 Å². The molecule has 1 rings (SSSR count). The fourth-order valence-electron chi connectivity index (χ4n) is 1.60. The van der Waals surface area contributed by atoms with E-state index in [0.717, 1.165) is 25.1 Å². The van der Waals surface area contributed by atoms with Crippen LogP contribution in [0.15, 0.2) is 12.3 Å². The molecule has 0 bridgehead atoms. The van der Waals surface area contributed by atoms with Gasteiger partial charge in [0.2, 0.25) is 0 Å². The Labute approximate surface area is 100 Å². The number of carbonyl (C=O) groups excluding carboxylic acids is 1. The number of hydrogen-bond acceptors (Lipinski definition) is 3. The van der Waals surface area contributed by atoms with E-state index in [1.165, 1.54) is 7.11 Å². The van der Waals surface area contributed by atoms with Gasteiger partial charge in [0.25, 0.3) is 0 Å². The molecule has 0 radical (unpaired) electrons. The highest BCUT2D eigenvalue weighted by Crippen LogP contribution is 2.21. The van der Waals surface area contributed by atoms with Crippen molar-refractivity contribution in [1.29, 1.82) is 0 Å². The van der Waals surface area contributed by atoms with Crippen LogP contribution in [0.2, 0.25) is 0 Å². The first-order valence-electron chi connectivity index (χ1n) is 6.17. The smallest absolute Gasteiger partial charge is 0.328 e. The number of carbonyl (C=O) groups is 1. The third-order valence-electron chi connectivity index (χ3n) is 2.22. The lowest BCUT2D eigenvalue weighted by Gasteiger charge is -2.24. The standard InChI is InChI=1S/C9H15NO2.2C2H6/c1-7(2)10-6-4-5-8(10)9(11)12-3;2*1-2/h8H,1,4-6H2,2-3H3;2*1-2H3. The van der Waals surface area contributed by atoms with Gasteiger partial charge in [-0.3, -0.25) is 0 Å². The molecule has 0 aliphatic carbocycles. The Morgan fingerprint density at radius 3 is 2.19 bits per heavy atom. The first-order chi connectivity index (χ1) is 7.66. The second-order valence-electron chi connectivity index (χ2n) is 3.11. The molecule has 3 nitrogen and oxygen atoms in total. The van der Waals surface area contributed by atoms with Gasteiger partial charge in [0.1, 0.15) is 6.04 Å². The average Bonchev–Trinajstić information content (AvgIpc) is 2.82. The van der Waals surface area contributed by atoms with E-state index in [-0.39, 0.29) is 12.0 Å². The predicted octanol–water partition coefficient (Wildman–Crippen LogP) is 3.21. The Morgan fingerprint density at radius 1 is 1.31 bits per heavy atom. The summed E-state index contributed by atoms with van der Waals surface area (Å²) in [6.45, 7) is 14.7. The lowest BCUT2D eigenvalue weighted by atomic mass is 10.2. The topological polar surface area (TPSA) is 29.5 Å². The number of methoxy groups -OCH3 is 1. The van der Waals surface area contributed by atoms with Crippen LogP contribution in [0.25, 0.3) is 0 Å². The molecule has 0 N–H and O–H groups in total. The molecule has 3 heteroatoms. The minimum atomic E-state index is -0.143. The van der Waals surface area contributed by atoms with Crippen LogP contribution in [0.4, 0.5) is 0 Å². The molecule has 96 valence electrons. The van der Waals surface area contributed by atoms with Crippen LogP contribution in [0.1, 0.15) is 47.5 Å². The maximum atomic E-state index is 11.2. The molecule has 1 atom stereocenters. The molecule has 1 aliphatic heterocycles. The number of allylic oxidation sites excluding steroid dienone is 1. The second-order valence-corrected chi connectivity index (χ2v) is 3.11. The van der Waals surface area contributed by atoms with E-state index in [1.54, 1.807) is 0 Å². The van der Waals surface area contributed by atoms with Crippen molar-refractivity contribution in [2.45, 2.75) is 53.5 Å². The zero-order valence-electron chi connectivity index (χ0n) is 11.7. The van der Waals surface area contributed by atoms with E-state index in [2.05, 4.69) is 6.58 Å². The van der Waals surface area contributed by atoms with Gasteiger partial charge in [-0.15, -0.1) is 0 Å². The van der Waals surface area contributed by atoms with E-state index in [1.807, 2.05) is 39.5 Å². The monoisotopic (exact) mass is 229 g/mol. The van der Waals surface area contributed by atoms with Crippen molar-refractivity contribution in [2.24, 2.45) is 0 Å². The van der Waals surface area contributed by atoms with Crippen molar-refractivity contribution in [2.75, 3.05) is 13.7 Å². The predicted molar refractivity (Wildman–Crippen MR) is 69.3 cm³/mol. The van der Waals surface area contributed by atoms with Crippen LogP contribution < -0.4 is 0 Å². The molecular formula is C13H27NO2. The molecule has 0 saturated carbocycles. The van der Waals surface area contributed by atoms with Gasteiger partial charge in [0.15, 0.2) is 0 Å². The number of hydrogen-bond donors (Lipinski definition) is 0. The molecule has 0 amide bonds. The second kappa shape index (κ2) is 10.5. The van der Waals surface area contributed by atoms with Crippen LogP contribution in [0.5, 0.6) is 0 Å². The molecule has 0 aromatic carbocycles. The summed E-state index contributed by atoms with van der Waals surface area (Å²) in [4.78, 5) is 13.2. The van der Waals surface area contributed by atoms with Crippen LogP contribution in [-0.2, 0) is 9.53 Å². The normalized spacial score (nSPS) is 17.6. The summed E-state index contributed by atoms with van der Waals surface area (Å²) >= 11 is 0. The minimum Gasteiger partial charge on any atom is -0.467 e. The van der Waals surface area contributed by atoms with Gasteiger partial charge < -0.3 is 9.64 Å². The lowest BCUT2D eigenvalue weighted by molar-refractivity contribution is -0.145. The van der Waals surface area contributed by atoms with Gasteiger partial charge in [0, 0.05) is 12.2 Å². The molecule has 0 aromatic heterocycles. The summed E-state index contributed by atoms with van der Waals surface area (Å²) in [5, 5.41) is 0. The van der Waals surface area contributed by atoms with Gasteiger partial charge in [-0.25, -0.2) is 4.79 Å². The lowest BCUT2D eigenvalue weighted by Crippen LogP contribution is -2.35. The summed E-state index contributed by atoms with van der Waals surface area (Å²) in [6.07, 6.45) is 1.94. The molecule has 0 spiro atoms. The largest absolute Gasteiger partial charge is 0.467 e. The highest BCUT2D eigenvalue weighted by Gasteiger charge is 2.30. The van der Waals surface area contributed by atoms with Gasteiger partial charge in [0.05, 0.1) is 7.11 Å². The fraction of sp³-hybridized carbons (Fsp3) is 0.769. The maximum absolute atomic E-state index is 11.2. The van der Waals surface area contributed by atoms with Crippen LogP contribution >= 0.6 is 0 Å². The highest BCUT2D eigenvalue weighted by atomic mass is 16.5. The van der Waals surface area contributed by atoms with E-state index in [9.17, 15) is 4.79 Å². The quantitative estimate of drug-likeness (QED) is 0.681.